The van der Waals surface area contributed by atoms with Crippen LogP contribution in [0.4, 0.5) is 34.9 Å². The van der Waals surface area contributed by atoms with Gasteiger partial charge in [-0.15, -0.1) is 0 Å². The van der Waals surface area contributed by atoms with E-state index in [0.29, 0.717) is 78.2 Å². The third-order valence-electron chi connectivity index (χ3n) is 10.2. The molecule has 0 bridgehead atoms. The lowest BCUT2D eigenvalue weighted by Gasteiger charge is -2.37. The van der Waals surface area contributed by atoms with Gasteiger partial charge in [-0.3, -0.25) is 19.6 Å². The van der Waals surface area contributed by atoms with E-state index in [9.17, 15) is 14.7 Å². The Hall–Kier alpha value is -5.36. The van der Waals surface area contributed by atoms with Crippen molar-refractivity contribution in [2.24, 2.45) is 5.92 Å². The zero-order valence-electron chi connectivity index (χ0n) is 36.0. The zero-order chi connectivity index (χ0) is 43.5. The number of amides is 2. The molecule has 2 aliphatic heterocycles. The minimum atomic E-state index is -0.784. The molecule has 6 heterocycles. The summed E-state index contributed by atoms with van der Waals surface area (Å²) in [4.78, 5) is 59.8. The van der Waals surface area contributed by atoms with Crippen LogP contribution in [0.15, 0.2) is 17.0 Å². The summed E-state index contributed by atoms with van der Waals surface area (Å²) in [7, 11) is 3.29. The summed E-state index contributed by atoms with van der Waals surface area (Å²) >= 11 is 3.46. The molecule has 6 rings (SSSR count). The van der Waals surface area contributed by atoms with Gasteiger partial charge in [-0.25, -0.2) is 9.97 Å². The number of nitrogen functional groups attached to an aromatic ring is 2. The molecule has 59 heavy (non-hydrogen) atoms. The maximum atomic E-state index is 13.1. The Bertz CT molecular complexity index is 2210. The van der Waals surface area contributed by atoms with Gasteiger partial charge in [-0.05, 0) is 83.2 Å². The van der Waals surface area contributed by atoms with Crippen molar-refractivity contribution >= 4 is 62.7 Å². The molecule has 4 aromatic rings. The molecule has 0 aliphatic carbocycles. The number of hydrogen-bond acceptors (Lipinski definition) is 15. The summed E-state index contributed by atoms with van der Waals surface area (Å²) in [5, 5.41) is 10.0. The lowest BCUT2D eigenvalue weighted by molar-refractivity contribution is -0.118. The molecule has 0 unspecified atom stereocenters. The third-order valence-corrected chi connectivity index (χ3v) is 10.7. The Kier molecular flexibility index (Phi) is 13.9. The highest BCUT2D eigenvalue weighted by atomic mass is 79.9. The van der Waals surface area contributed by atoms with E-state index in [2.05, 4.69) is 59.7 Å². The molecule has 0 atom stereocenters. The lowest BCUT2D eigenvalue weighted by atomic mass is 10.0. The maximum Gasteiger partial charge on any atom is 0.246 e. The van der Waals surface area contributed by atoms with Crippen molar-refractivity contribution in [3.63, 3.8) is 0 Å². The maximum absolute atomic E-state index is 13.1. The quantitative estimate of drug-likeness (QED) is 0.157. The van der Waals surface area contributed by atoms with E-state index >= 15 is 0 Å². The summed E-state index contributed by atoms with van der Waals surface area (Å²) in [6.07, 6.45) is 4.80. The highest BCUT2D eigenvalue weighted by Gasteiger charge is 2.36. The Labute approximate surface area is 354 Å². The highest BCUT2D eigenvalue weighted by molar-refractivity contribution is 9.10. The minimum Gasteiger partial charge on any atom is -0.496 e. The van der Waals surface area contributed by atoms with Crippen LogP contribution in [0.3, 0.4) is 0 Å². The van der Waals surface area contributed by atoms with Gasteiger partial charge in [0.15, 0.2) is 11.6 Å². The van der Waals surface area contributed by atoms with E-state index in [1.54, 1.807) is 50.3 Å². The second-order valence-electron chi connectivity index (χ2n) is 16.0. The van der Waals surface area contributed by atoms with Crippen molar-refractivity contribution in [1.82, 2.24) is 29.9 Å². The summed E-state index contributed by atoms with van der Waals surface area (Å²) in [6.45, 7) is 19.6. The molecule has 0 saturated carbocycles. The first-order valence-electron chi connectivity index (χ1n) is 19.5. The Morgan fingerprint density at radius 1 is 0.780 bits per heavy atom. The molecule has 5 N–H and O–H groups in total. The van der Waals surface area contributed by atoms with Crippen LogP contribution in [0.5, 0.6) is 11.5 Å². The molecular weight excluding hydrogens is 820 g/mol. The molecule has 2 amide bonds. The van der Waals surface area contributed by atoms with Gasteiger partial charge in [0.2, 0.25) is 23.7 Å². The van der Waals surface area contributed by atoms with Gasteiger partial charge in [0.1, 0.15) is 27.5 Å². The summed E-state index contributed by atoms with van der Waals surface area (Å²) in [6, 6.07) is 0. The number of aliphatic hydroxyl groups is 1. The van der Waals surface area contributed by atoms with Crippen molar-refractivity contribution in [3.8, 4) is 11.5 Å². The second kappa shape index (κ2) is 18.3. The number of ether oxygens (including phenoxy) is 2. The van der Waals surface area contributed by atoms with Gasteiger partial charge in [0, 0.05) is 47.7 Å². The Balaban J connectivity index is 0.000000225. The van der Waals surface area contributed by atoms with Gasteiger partial charge in [-0.1, -0.05) is 13.8 Å². The first-order chi connectivity index (χ1) is 27.7. The molecule has 17 nitrogen and oxygen atoms in total. The molecule has 0 aromatic carbocycles. The fourth-order valence-electron chi connectivity index (χ4n) is 7.44. The molecule has 2 aliphatic rings. The van der Waals surface area contributed by atoms with E-state index in [4.69, 9.17) is 20.9 Å². The van der Waals surface area contributed by atoms with E-state index in [1.807, 2.05) is 44.4 Å². The van der Waals surface area contributed by atoms with Crippen molar-refractivity contribution in [2.75, 3.05) is 71.5 Å². The highest BCUT2D eigenvalue weighted by Crippen LogP contribution is 2.40. The van der Waals surface area contributed by atoms with Gasteiger partial charge in [0.25, 0.3) is 0 Å². The fourth-order valence-corrected chi connectivity index (χ4v) is 8.01. The largest absolute Gasteiger partial charge is 0.496 e. The predicted molar refractivity (Wildman–Crippen MR) is 233 cm³/mol. The average Bonchev–Trinajstić information content (AvgIpc) is 3.13. The molecule has 0 fully saturated rings. The number of aromatic nitrogens is 6. The van der Waals surface area contributed by atoms with E-state index in [0.717, 1.165) is 45.1 Å². The average molecular weight is 878 g/mol. The molecule has 18 heteroatoms. The number of pyridine rings is 2. The number of fused-ring (bicyclic) bond motifs is 2. The van der Waals surface area contributed by atoms with Crippen LogP contribution in [0.1, 0.15) is 79.9 Å². The smallest absolute Gasteiger partial charge is 0.246 e. The molecular formula is C41H57BrN12O5. The van der Waals surface area contributed by atoms with Crippen LogP contribution in [0.2, 0.25) is 0 Å². The molecule has 0 spiro atoms. The summed E-state index contributed by atoms with van der Waals surface area (Å²) < 4.78 is 11.5. The molecule has 318 valence electrons. The third kappa shape index (κ3) is 10.1. The second-order valence-corrected chi connectivity index (χ2v) is 16.8. The Morgan fingerprint density at radius 3 is 1.73 bits per heavy atom. The molecule has 4 aromatic heterocycles. The SMILES string of the molecule is COc1c(C)cnc(CN2CC(=O)N(CC(C)C)c3c(Br)nc(N)nc32)c1C.COc1c(C)cnc(CN2CC(=O)N(CCCC(C)(C)O)c3c(C)nc(N)nc32)c1C. The van der Waals surface area contributed by atoms with Crippen molar-refractivity contribution < 1.29 is 24.2 Å². The fraction of sp³-hybridized carbons (Fsp3) is 0.512. The van der Waals surface area contributed by atoms with Crippen LogP contribution in [0.25, 0.3) is 0 Å². The first-order valence-corrected chi connectivity index (χ1v) is 20.3. The number of halogens is 1. The van der Waals surface area contributed by atoms with Crippen molar-refractivity contribution in [3.05, 3.63) is 56.3 Å². The minimum absolute atomic E-state index is 0.00741. The van der Waals surface area contributed by atoms with Gasteiger partial charge < -0.3 is 45.6 Å². The van der Waals surface area contributed by atoms with Gasteiger partial charge >= 0.3 is 0 Å². The van der Waals surface area contributed by atoms with E-state index in [-0.39, 0.29) is 36.8 Å². The van der Waals surface area contributed by atoms with E-state index in [1.165, 1.54) is 0 Å². The van der Waals surface area contributed by atoms with Crippen LogP contribution in [-0.4, -0.2) is 92.8 Å². The number of carbonyl (C=O) groups is 2. The van der Waals surface area contributed by atoms with Gasteiger partial charge in [0.05, 0.1) is 63.1 Å². The van der Waals surface area contributed by atoms with Crippen LogP contribution in [-0.2, 0) is 22.7 Å². The van der Waals surface area contributed by atoms with E-state index < -0.39 is 5.60 Å². The van der Waals surface area contributed by atoms with Crippen molar-refractivity contribution in [1.29, 1.82) is 0 Å². The van der Waals surface area contributed by atoms with Crippen molar-refractivity contribution in [2.45, 2.75) is 93.8 Å². The van der Waals surface area contributed by atoms with Crippen LogP contribution < -0.4 is 40.5 Å². The molecule has 0 radical (unpaired) electrons. The number of hydrogen-bond donors (Lipinski definition) is 3. The van der Waals surface area contributed by atoms with Gasteiger partial charge in [-0.2, -0.15) is 9.97 Å². The summed E-state index contributed by atoms with van der Waals surface area (Å²) in [5.41, 5.74) is 18.5. The molecule has 0 saturated heterocycles. The Morgan fingerprint density at radius 2 is 1.25 bits per heavy atom. The number of anilines is 6. The monoisotopic (exact) mass is 876 g/mol. The number of aryl methyl sites for hydroxylation is 3. The zero-order valence-corrected chi connectivity index (χ0v) is 37.6. The standard InChI is InChI=1S/C22H32N6O3.C19H25BrN6O2/c1-13-10-24-16(14(2)19(13)31-6)11-27-12-17(29)28(9-7-8-22(4,5)30)18-15(3)25-21(23)26-20(18)27;1-10(2)7-26-14(27)9-25(18-15(26)17(20)23-19(21)24-18)8-13-12(4)16(28-5)11(3)6-22-13/h10,30H,7-9,11-12H2,1-6H3,(H2,23,25,26);6,10H,7-9H2,1-5H3,(H2,21,23,24). The topological polar surface area (TPSA) is 215 Å². The number of rotatable bonds is 12. The van der Waals surface area contributed by atoms with Crippen LogP contribution >= 0.6 is 15.9 Å². The normalized spacial score (nSPS) is 14.0. The number of methoxy groups -OCH3 is 2. The van der Waals surface area contributed by atoms with Crippen LogP contribution in [0, 0.1) is 40.5 Å². The summed E-state index contributed by atoms with van der Waals surface area (Å²) in [5.74, 6) is 3.41. The number of nitrogens with two attached hydrogens (primary N) is 2. The number of carbonyl (C=O) groups excluding carboxylic acids is 2. The first kappa shape index (κ1) is 44.7. The number of nitrogens with zero attached hydrogens (tertiary/aromatic N) is 10. The predicted octanol–water partition coefficient (Wildman–Crippen LogP) is 5.14. The lowest BCUT2D eigenvalue weighted by Crippen LogP contribution is -2.47.